The summed E-state index contributed by atoms with van der Waals surface area (Å²) in [6.07, 6.45) is -0.293. The summed E-state index contributed by atoms with van der Waals surface area (Å²) in [5.74, 6) is -0.278. The van der Waals surface area contributed by atoms with Crippen LogP contribution in [0.15, 0.2) is 0 Å². The molecule has 0 atom stereocenters. The van der Waals surface area contributed by atoms with Crippen LogP contribution in [0.4, 0.5) is 0 Å². The van der Waals surface area contributed by atoms with Crippen LogP contribution >= 0.6 is 0 Å². The molecule has 13 heavy (non-hydrogen) atoms. The van der Waals surface area contributed by atoms with Gasteiger partial charge in [0.15, 0.2) is 6.29 Å². The van der Waals surface area contributed by atoms with E-state index in [1.54, 1.807) is 0 Å². The molecule has 0 aromatic rings. The van der Waals surface area contributed by atoms with E-state index in [0.29, 0.717) is 26.4 Å². The minimum Gasteiger partial charge on any atom is -0.457 e. The van der Waals surface area contributed by atoms with Gasteiger partial charge < -0.3 is 18.9 Å². The molecule has 0 bridgehead atoms. The lowest BCUT2D eigenvalue weighted by Crippen LogP contribution is -2.38. The molecule has 0 aliphatic carbocycles. The number of rotatable bonds is 3. The quantitative estimate of drug-likeness (QED) is 0.569. The second kappa shape index (κ2) is 4.04. The highest BCUT2D eigenvalue weighted by Crippen LogP contribution is 2.11. The van der Waals surface area contributed by atoms with Crippen LogP contribution in [0.5, 0.6) is 0 Å². The monoisotopic (exact) mass is 188 g/mol. The maximum absolute atomic E-state index is 11.2. The third-order valence-electron chi connectivity index (χ3n) is 1.93. The molecule has 2 saturated heterocycles. The molecule has 0 spiro atoms. The van der Waals surface area contributed by atoms with Crippen molar-refractivity contribution >= 4 is 5.97 Å². The van der Waals surface area contributed by atoms with Crippen molar-refractivity contribution < 1.29 is 23.7 Å². The number of hydrogen-bond acceptors (Lipinski definition) is 5. The third-order valence-corrected chi connectivity index (χ3v) is 1.93. The summed E-state index contributed by atoms with van der Waals surface area (Å²) in [6, 6.07) is 0. The highest BCUT2D eigenvalue weighted by molar-refractivity contribution is 5.70. The molecule has 2 heterocycles. The first-order valence-corrected chi connectivity index (χ1v) is 4.35. The van der Waals surface area contributed by atoms with E-state index in [1.807, 2.05) is 0 Å². The highest BCUT2D eigenvalue weighted by atomic mass is 16.7. The van der Waals surface area contributed by atoms with Crippen molar-refractivity contribution in [2.45, 2.75) is 18.8 Å². The third kappa shape index (κ3) is 2.40. The fraction of sp³-hybridized carbons (Fsp3) is 0.875. The Hall–Kier alpha value is -0.650. The Bertz CT molecular complexity index is 183. The maximum atomic E-state index is 11.2. The molecule has 0 N–H and O–H groups in total. The summed E-state index contributed by atoms with van der Waals surface area (Å²) in [5, 5.41) is 0. The summed E-state index contributed by atoms with van der Waals surface area (Å²) < 4.78 is 20.1. The number of carbonyl (C=O) groups excluding carboxylic acids is 1. The molecule has 74 valence electrons. The molecule has 0 aromatic heterocycles. The number of esters is 1. The minimum atomic E-state index is -0.409. The average Bonchev–Trinajstić information content (AvgIpc) is 2.49. The SMILES string of the molecule is O=C(CC1OCCO1)OC1COC1. The Morgan fingerprint density at radius 3 is 2.54 bits per heavy atom. The van der Waals surface area contributed by atoms with Crippen LogP contribution in [-0.2, 0) is 23.7 Å². The van der Waals surface area contributed by atoms with E-state index in [0.717, 1.165) is 0 Å². The van der Waals surface area contributed by atoms with E-state index in [2.05, 4.69) is 0 Å². The topological polar surface area (TPSA) is 54.0 Å². The lowest BCUT2D eigenvalue weighted by molar-refractivity contribution is -0.178. The number of ether oxygens (including phenoxy) is 4. The Balaban J connectivity index is 1.64. The Morgan fingerprint density at radius 2 is 2.00 bits per heavy atom. The number of carbonyl (C=O) groups is 1. The van der Waals surface area contributed by atoms with E-state index in [1.165, 1.54) is 0 Å². The van der Waals surface area contributed by atoms with E-state index < -0.39 is 6.29 Å². The molecule has 0 unspecified atom stereocenters. The Labute approximate surface area is 75.9 Å². The van der Waals surface area contributed by atoms with Gasteiger partial charge in [-0.3, -0.25) is 4.79 Å². The average molecular weight is 188 g/mol. The van der Waals surface area contributed by atoms with Gasteiger partial charge in [-0.05, 0) is 0 Å². The van der Waals surface area contributed by atoms with Crippen LogP contribution in [-0.4, -0.2) is 44.8 Å². The maximum Gasteiger partial charge on any atom is 0.311 e. The van der Waals surface area contributed by atoms with Gasteiger partial charge in [-0.1, -0.05) is 0 Å². The first-order chi connectivity index (χ1) is 6.34. The van der Waals surface area contributed by atoms with Crippen LogP contribution in [0.1, 0.15) is 6.42 Å². The fourth-order valence-corrected chi connectivity index (χ4v) is 1.18. The van der Waals surface area contributed by atoms with Crippen molar-refractivity contribution in [1.82, 2.24) is 0 Å². The first-order valence-electron chi connectivity index (χ1n) is 4.35. The van der Waals surface area contributed by atoms with Crippen LogP contribution in [0.3, 0.4) is 0 Å². The zero-order valence-corrected chi connectivity index (χ0v) is 7.23. The first kappa shape index (κ1) is 8.93. The molecule has 2 rings (SSSR count). The molecule has 2 aliphatic heterocycles. The van der Waals surface area contributed by atoms with Gasteiger partial charge in [0.1, 0.15) is 6.10 Å². The van der Waals surface area contributed by atoms with Gasteiger partial charge in [0.2, 0.25) is 0 Å². The van der Waals surface area contributed by atoms with Gasteiger partial charge in [-0.2, -0.15) is 0 Å². The van der Waals surface area contributed by atoms with Gasteiger partial charge in [0.05, 0.1) is 32.8 Å². The smallest absolute Gasteiger partial charge is 0.311 e. The molecule has 0 aromatic carbocycles. The predicted molar refractivity (Wildman–Crippen MR) is 41.0 cm³/mol. The molecule has 0 amide bonds. The standard InChI is InChI=1S/C8H12O5/c9-7(13-6-4-10-5-6)3-8-11-1-2-12-8/h6,8H,1-5H2. The van der Waals surface area contributed by atoms with Gasteiger partial charge in [0, 0.05) is 0 Å². The van der Waals surface area contributed by atoms with Crippen molar-refractivity contribution in [2.75, 3.05) is 26.4 Å². The number of hydrogen-bond donors (Lipinski definition) is 0. The lowest BCUT2D eigenvalue weighted by atomic mass is 10.3. The molecule has 2 aliphatic rings. The second-order valence-corrected chi connectivity index (χ2v) is 3.02. The second-order valence-electron chi connectivity index (χ2n) is 3.02. The van der Waals surface area contributed by atoms with Gasteiger partial charge in [-0.25, -0.2) is 0 Å². The molecule has 0 radical (unpaired) electrons. The largest absolute Gasteiger partial charge is 0.457 e. The van der Waals surface area contributed by atoms with Crippen LogP contribution < -0.4 is 0 Å². The molecular formula is C8H12O5. The van der Waals surface area contributed by atoms with E-state index >= 15 is 0 Å². The van der Waals surface area contributed by atoms with Crippen molar-refractivity contribution in [1.29, 1.82) is 0 Å². The van der Waals surface area contributed by atoms with Gasteiger partial charge in [0.25, 0.3) is 0 Å². The minimum absolute atomic E-state index is 0.0612. The van der Waals surface area contributed by atoms with E-state index in [4.69, 9.17) is 18.9 Å². The normalized spacial score (nSPS) is 24.3. The highest BCUT2D eigenvalue weighted by Gasteiger charge is 2.26. The summed E-state index contributed by atoms with van der Waals surface area (Å²) in [4.78, 5) is 11.2. The van der Waals surface area contributed by atoms with E-state index in [-0.39, 0.29) is 18.5 Å². The Kier molecular flexibility index (Phi) is 2.77. The summed E-state index contributed by atoms with van der Waals surface area (Å²) in [5.41, 5.74) is 0. The summed E-state index contributed by atoms with van der Waals surface area (Å²) in [6.45, 7) is 2.14. The van der Waals surface area contributed by atoms with Gasteiger partial charge >= 0.3 is 5.97 Å². The molecule has 0 saturated carbocycles. The summed E-state index contributed by atoms with van der Waals surface area (Å²) in [7, 11) is 0. The zero-order chi connectivity index (χ0) is 9.10. The fourth-order valence-electron chi connectivity index (χ4n) is 1.18. The zero-order valence-electron chi connectivity index (χ0n) is 7.23. The molecular weight excluding hydrogens is 176 g/mol. The van der Waals surface area contributed by atoms with E-state index in [9.17, 15) is 4.79 Å². The van der Waals surface area contributed by atoms with Crippen molar-refractivity contribution in [3.63, 3.8) is 0 Å². The lowest BCUT2D eigenvalue weighted by Gasteiger charge is -2.25. The van der Waals surface area contributed by atoms with Crippen molar-refractivity contribution in [2.24, 2.45) is 0 Å². The van der Waals surface area contributed by atoms with Crippen LogP contribution in [0.25, 0.3) is 0 Å². The molecule has 5 nitrogen and oxygen atoms in total. The Morgan fingerprint density at radius 1 is 1.31 bits per heavy atom. The van der Waals surface area contributed by atoms with Crippen LogP contribution in [0, 0.1) is 0 Å². The van der Waals surface area contributed by atoms with Crippen LogP contribution in [0.2, 0.25) is 0 Å². The van der Waals surface area contributed by atoms with Crippen molar-refractivity contribution in [3.05, 3.63) is 0 Å². The van der Waals surface area contributed by atoms with Crippen molar-refractivity contribution in [3.8, 4) is 0 Å². The summed E-state index contributed by atoms with van der Waals surface area (Å²) >= 11 is 0. The predicted octanol–water partition coefficient (Wildman–Crippen LogP) is -0.309. The van der Waals surface area contributed by atoms with Gasteiger partial charge in [-0.15, -0.1) is 0 Å². The molecule has 2 fully saturated rings. The molecule has 5 heteroatoms.